The van der Waals surface area contributed by atoms with E-state index in [0.29, 0.717) is 0 Å². The maximum Gasteiger partial charge on any atom is 0.244 e. The largest absolute Gasteiger partial charge is 0.486 e. The summed E-state index contributed by atoms with van der Waals surface area (Å²) in [5.74, 6) is -0.898. The number of ether oxygens (including phenoxy) is 1. The van der Waals surface area contributed by atoms with Gasteiger partial charge in [-0.15, -0.1) is 0 Å². The third-order valence-corrected chi connectivity index (χ3v) is 6.91. The molecular weight excluding hydrogens is 437 g/mol. The number of β-amino-alcohol motifs (C(OH)–C–C–N with tert-alkyl or cyclic N) is 1. The molecule has 156 valence electrons. The fraction of sp³-hybridized carbons (Fsp3) is 0.263. The monoisotopic (exact) mass is 451 g/mol. The van der Waals surface area contributed by atoms with Crippen molar-refractivity contribution in [1.82, 2.24) is 4.31 Å². The fourth-order valence-corrected chi connectivity index (χ4v) is 5.04. The first-order valence-corrected chi connectivity index (χ1v) is 10.4. The van der Waals surface area contributed by atoms with E-state index < -0.39 is 40.7 Å². The van der Waals surface area contributed by atoms with Crippen LogP contribution in [0.4, 0.5) is 4.39 Å². The summed E-state index contributed by atoms with van der Waals surface area (Å²) in [4.78, 5) is -0.345. The highest BCUT2D eigenvalue weighted by molar-refractivity contribution is 7.89. The van der Waals surface area contributed by atoms with Crippen molar-refractivity contribution in [3.8, 4) is 17.9 Å². The van der Waals surface area contributed by atoms with Crippen LogP contribution in [0.25, 0.3) is 0 Å². The lowest BCUT2D eigenvalue weighted by molar-refractivity contribution is -0.0641. The average Bonchev–Trinajstić information content (AvgIpc) is 3.05. The zero-order valence-corrected chi connectivity index (χ0v) is 16.9. The van der Waals surface area contributed by atoms with E-state index in [1.54, 1.807) is 12.1 Å². The van der Waals surface area contributed by atoms with Gasteiger partial charge in [-0.3, -0.25) is 0 Å². The van der Waals surface area contributed by atoms with Gasteiger partial charge in [0.2, 0.25) is 10.0 Å². The first-order chi connectivity index (χ1) is 14.2. The van der Waals surface area contributed by atoms with E-state index in [0.717, 1.165) is 10.4 Å². The molecule has 0 aliphatic carbocycles. The fourth-order valence-electron chi connectivity index (χ4n) is 3.10. The molecule has 1 fully saturated rings. The summed E-state index contributed by atoms with van der Waals surface area (Å²) in [7, 11) is -4.27. The van der Waals surface area contributed by atoms with Crippen molar-refractivity contribution >= 4 is 21.6 Å². The zero-order chi connectivity index (χ0) is 22.1. The molecule has 2 aromatic rings. The summed E-state index contributed by atoms with van der Waals surface area (Å²) in [6.07, 6.45) is -1.24. The van der Waals surface area contributed by atoms with Crippen LogP contribution in [0.5, 0.6) is 5.75 Å². The predicted molar refractivity (Wildman–Crippen MR) is 102 cm³/mol. The van der Waals surface area contributed by atoms with Crippen molar-refractivity contribution in [3.63, 3.8) is 0 Å². The quantitative estimate of drug-likeness (QED) is 0.701. The van der Waals surface area contributed by atoms with Crippen molar-refractivity contribution in [2.24, 2.45) is 0 Å². The standard InChI is InChI=1S/C19H15ClFN3O5S/c20-15-2-1-3-17(14(15)8-23)30(27,28)24-9-18(19(26,10-24)11-25)29-13-5-4-12(7-22)16(21)6-13/h1-6,18,25-26H,9-11H2/t18?,19-/m1/s1. The van der Waals surface area contributed by atoms with Gasteiger partial charge in [-0.1, -0.05) is 17.7 Å². The second kappa shape index (κ2) is 8.19. The normalized spacial score (nSPS) is 21.7. The summed E-state index contributed by atoms with van der Waals surface area (Å²) >= 11 is 5.92. The number of nitriles is 2. The molecule has 0 aromatic heterocycles. The van der Waals surface area contributed by atoms with Gasteiger partial charge in [-0.25, -0.2) is 12.8 Å². The first-order valence-electron chi connectivity index (χ1n) is 8.54. The second-order valence-electron chi connectivity index (χ2n) is 6.64. The van der Waals surface area contributed by atoms with Crippen molar-refractivity contribution in [3.05, 3.63) is 58.4 Å². The Bertz CT molecular complexity index is 1180. The predicted octanol–water partition coefficient (Wildman–Crippen LogP) is 1.40. The highest BCUT2D eigenvalue weighted by Gasteiger charge is 2.51. The summed E-state index contributed by atoms with van der Waals surface area (Å²) in [6.45, 7) is -1.73. The van der Waals surface area contributed by atoms with Gasteiger partial charge in [0.1, 0.15) is 40.3 Å². The van der Waals surface area contributed by atoms with Gasteiger partial charge < -0.3 is 14.9 Å². The molecule has 1 saturated heterocycles. The van der Waals surface area contributed by atoms with Crippen LogP contribution in [-0.4, -0.2) is 54.3 Å². The van der Waals surface area contributed by atoms with Crippen LogP contribution in [0.15, 0.2) is 41.3 Å². The number of nitrogens with zero attached hydrogens (tertiary/aromatic N) is 3. The SMILES string of the molecule is N#Cc1ccc(OC2CN(S(=O)(=O)c3cccc(Cl)c3C#N)C[C@@]2(O)CO)cc1F. The lowest BCUT2D eigenvalue weighted by atomic mass is 10.0. The maximum atomic E-state index is 13.8. The van der Waals surface area contributed by atoms with E-state index in [1.165, 1.54) is 30.3 Å². The Morgan fingerprint density at radius 2 is 2.03 bits per heavy atom. The Labute approximate surface area is 177 Å². The van der Waals surface area contributed by atoms with Crippen LogP contribution >= 0.6 is 11.6 Å². The maximum absolute atomic E-state index is 13.8. The molecule has 3 rings (SSSR count). The number of hydrogen-bond acceptors (Lipinski definition) is 7. The van der Waals surface area contributed by atoms with Gasteiger partial charge >= 0.3 is 0 Å². The molecule has 2 N–H and O–H groups in total. The minimum Gasteiger partial charge on any atom is -0.486 e. The van der Waals surface area contributed by atoms with E-state index in [9.17, 15) is 28.3 Å². The molecule has 0 amide bonds. The highest BCUT2D eigenvalue weighted by atomic mass is 35.5. The molecule has 0 radical (unpaired) electrons. The molecule has 1 heterocycles. The number of aliphatic hydroxyl groups is 2. The van der Waals surface area contributed by atoms with E-state index in [1.807, 2.05) is 0 Å². The minimum absolute atomic E-state index is 0.0453. The van der Waals surface area contributed by atoms with Gasteiger partial charge in [0.05, 0.1) is 29.3 Å². The Morgan fingerprint density at radius 3 is 2.63 bits per heavy atom. The van der Waals surface area contributed by atoms with Crippen LogP contribution in [0.1, 0.15) is 11.1 Å². The Kier molecular flexibility index (Phi) is 5.99. The lowest BCUT2D eigenvalue weighted by Gasteiger charge is -2.27. The van der Waals surface area contributed by atoms with E-state index >= 15 is 0 Å². The Hall–Kier alpha value is -2.73. The van der Waals surface area contributed by atoms with Crippen molar-refractivity contribution in [1.29, 1.82) is 10.5 Å². The smallest absolute Gasteiger partial charge is 0.244 e. The number of rotatable bonds is 5. The molecular formula is C19H15ClFN3O5S. The zero-order valence-electron chi connectivity index (χ0n) is 15.3. The van der Waals surface area contributed by atoms with Gasteiger partial charge in [-0.05, 0) is 24.3 Å². The van der Waals surface area contributed by atoms with Gasteiger partial charge in [0, 0.05) is 12.6 Å². The number of halogens is 2. The van der Waals surface area contributed by atoms with Crippen LogP contribution < -0.4 is 4.74 Å². The second-order valence-corrected chi connectivity index (χ2v) is 8.96. The van der Waals surface area contributed by atoms with Crippen molar-refractivity contribution < 1.29 is 27.8 Å². The summed E-state index contributed by atoms with van der Waals surface area (Å²) in [5, 5.41) is 38.4. The van der Waals surface area contributed by atoms with Gasteiger partial charge in [0.15, 0.2) is 0 Å². The van der Waals surface area contributed by atoms with E-state index in [-0.39, 0.29) is 33.3 Å². The molecule has 30 heavy (non-hydrogen) atoms. The molecule has 11 heteroatoms. The van der Waals surface area contributed by atoms with Gasteiger partial charge in [-0.2, -0.15) is 14.8 Å². The number of hydrogen-bond donors (Lipinski definition) is 2. The topological polar surface area (TPSA) is 135 Å². The molecule has 2 aromatic carbocycles. The van der Waals surface area contributed by atoms with Crippen molar-refractivity contribution in [2.45, 2.75) is 16.6 Å². The number of sulfonamides is 1. The number of benzene rings is 2. The molecule has 8 nitrogen and oxygen atoms in total. The summed E-state index contributed by atoms with van der Waals surface area (Å²) in [5.41, 5.74) is -2.44. The summed E-state index contributed by atoms with van der Waals surface area (Å²) in [6, 6.07) is 10.8. The molecule has 0 saturated carbocycles. The molecule has 0 spiro atoms. The van der Waals surface area contributed by atoms with E-state index in [4.69, 9.17) is 21.6 Å². The molecule has 0 bridgehead atoms. The third kappa shape index (κ3) is 3.84. The van der Waals surface area contributed by atoms with Gasteiger partial charge in [0.25, 0.3) is 0 Å². The summed E-state index contributed by atoms with van der Waals surface area (Å²) < 4.78 is 46.4. The van der Waals surface area contributed by atoms with Crippen LogP contribution in [0.2, 0.25) is 5.02 Å². The van der Waals surface area contributed by atoms with E-state index in [2.05, 4.69) is 0 Å². The van der Waals surface area contributed by atoms with Crippen molar-refractivity contribution in [2.75, 3.05) is 19.7 Å². The Morgan fingerprint density at radius 1 is 1.30 bits per heavy atom. The molecule has 1 aliphatic rings. The molecule has 1 unspecified atom stereocenters. The number of aliphatic hydroxyl groups excluding tert-OH is 1. The molecule has 2 atom stereocenters. The van der Waals surface area contributed by atoms with Crippen LogP contribution in [-0.2, 0) is 10.0 Å². The first kappa shape index (κ1) is 22.0. The minimum atomic E-state index is -4.27. The third-order valence-electron chi connectivity index (χ3n) is 4.74. The van der Waals surface area contributed by atoms with Crippen LogP contribution in [0, 0.1) is 28.5 Å². The average molecular weight is 452 g/mol. The Balaban J connectivity index is 1.93. The van der Waals surface area contributed by atoms with Crippen LogP contribution in [0.3, 0.4) is 0 Å². The molecule has 1 aliphatic heterocycles. The highest BCUT2D eigenvalue weighted by Crippen LogP contribution is 2.33. The lowest BCUT2D eigenvalue weighted by Crippen LogP contribution is -2.48.